The number of benzene rings is 3. The third-order valence-corrected chi connectivity index (χ3v) is 7.80. The van der Waals surface area contributed by atoms with Crippen molar-refractivity contribution in [3.05, 3.63) is 76.3 Å². The first kappa shape index (κ1) is 21.7. The Hall–Kier alpha value is -3.18. The molecule has 3 aromatic carbocycles. The predicted octanol–water partition coefficient (Wildman–Crippen LogP) is 5.80. The van der Waals surface area contributed by atoms with E-state index in [2.05, 4.69) is 20.2 Å². The van der Waals surface area contributed by atoms with Crippen LogP contribution in [0.1, 0.15) is 10.4 Å². The Labute approximate surface area is 201 Å². The lowest BCUT2D eigenvalue weighted by molar-refractivity contribution is 0.102. The number of hydrogen-bond donors (Lipinski definition) is 2. The van der Waals surface area contributed by atoms with Gasteiger partial charge in [-0.1, -0.05) is 52.7 Å². The summed E-state index contributed by atoms with van der Waals surface area (Å²) in [5.41, 5.74) is 1.72. The summed E-state index contributed by atoms with van der Waals surface area (Å²) in [5, 5.41) is 12.3. The van der Waals surface area contributed by atoms with Crippen LogP contribution >= 0.6 is 34.5 Å². The van der Waals surface area contributed by atoms with E-state index < -0.39 is 15.9 Å². The molecule has 0 fully saturated rings. The molecule has 33 heavy (non-hydrogen) atoms. The van der Waals surface area contributed by atoms with Crippen molar-refractivity contribution in [1.29, 1.82) is 0 Å². The number of carbonyl (C=O) groups is 1. The van der Waals surface area contributed by atoms with Crippen LogP contribution in [0.15, 0.2) is 69.4 Å². The quantitative estimate of drug-likeness (QED) is 0.284. The molecule has 0 aliphatic heterocycles. The minimum absolute atomic E-state index is 0.000807. The van der Waals surface area contributed by atoms with Gasteiger partial charge in [-0.2, -0.15) is 8.42 Å². The average molecular weight is 519 g/mol. The van der Waals surface area contributed by atoms with E-state index in [-0.39, 0.29) is 20.1 Å². The molecule has 2 N–H and O–H groups in total. The van der Waals surface area contributed by atoms with Gasteiger partial charge in [-0.05, 0) is 36.4 Å². The summed E-state index contributed by atoms with van der Waals surface area (Å²) in [6.07, 6.45) is 0. The van der Waals surface area contributed by atoms with Crippen LogP contribution in [0.25, 0.3) is 21.9 Å². The van der Waals surface area contributed by atoms with E-state index >= 15 is 0 Å². The van der Waals surface area contributed by atoms with E-state index in [0.717, 1.165) is 10.8 Å². The van der Waals surface area contributed by atoms with Crippen LogP contribution < -0.4 is 10.0 Å². The number of nitrogens with zero attached hydrogens (tertiary/aromatic N) is 2. The van der Waals surface area contributed by atoms with Gasteiger partial charge in [0.1, 0.15) is 11.2 Å². The molecule has 0 radical (unpaired) electrons. The number of amides is 1. The van der Waals surface area contributed by atoms with Crippen LogP contribution in [-0.4, -0.2) is 24.5 Å². The van der Waals surface area contributed by atoms with Gasteiger partial charge in [0.15, 0.2) is 0 Å². The molecule has 0 saturated carbocycles. The number of sulfonamides is 1. The Bertz CT molecular complexity index is 1650. The maximum absolute atomic E-state index is 12.8. The van der Waals surface area contributed by atoms with Crippen LogP contribution in [0.2, 0.25) is 10.0 Å². The summed E-state index contributed by atoms with van der Waals surface area (Å²) >= 11 is 12.6. The molecule has 8 nitrogen and oxygen atoms in total. The zero-order valence-electron chi connectivity index (χ0n) is 16.4. The normalized spacial score (nSPS) is 11.7. The fourth-order valence-corrected chi connectivity index (χ4v) is 5.64. The number of halogens is 2. The summed E-state index contributed by atoms with van der Waals surface area (Å²) < 4.78 is 33.5. The zero-order chi connectivity index (χ0) is 23.2. The molecule has 2 heterocycles. The number of furan rings is 1. The predicted molar refractivity (Wildman–Crippen MR) is 129 cm³/mol. The van der Waals surface area contributed by atoms with Gasteiger partial charge in [0.2, 0.25) is 5.13 Å². The van der Waals surface area contributed by atoms with Crippen molar-refractivity contribution < 1.29 is 17.6 Å². The monoisotopic (exact) mass is 518 g/mol. The van der Waals surface area contributed by atoms with Gasteiger partial charge in [0.25, 0.3) is 20.3 Å². The lowest BCUT2D eigenvalue weighted by atomic mass is 10.1. The first-order valence-electron chi connectivity index (χ1n) is 9.34. The second-order valence-corrected chi connectivity index (χ2v) is 10.5. The summed E-state index contributed by atoms with van der Waals surface area (Å²) in [7, 11) is -4.05. The highest BCUT2D eigenvalue weighted by Gasteiger charge is 2.22. The van der Waals surface area contributed by atoms with Crippen molar-refractivity contribution in [1.82, 2.24) is 10.2 Å². The molecule has 166 valence electrons. The molecule has 0 saturated heterocycles. The summed E-state index contributed by atoms with van der Waals surface area (Å²) in [6, 6.07) is 16.9. The molecular formula is C21H12Cl2N4O4S2. The second-order valence-electron chi connectivity index (χ2n) is 6.87. The topological polar surface area (TPSA) is 114 Å². The minimum Gasteiger partial charge on any atom is -0.456 e. The first-order valence-corrected chi connectivity index (χ1v) is 12.4. The van der Waals surface area contributed by atoms with E-state index in [9.17, 15) is 13.2 Å². The Balaban J connectivity index is 1.36. The van der Waals surface area contributed by atoms with Gasteiger partial charge in [-0.15, -0.1) is 10.2 Å². The standard InChI is InChI=1S/C21H12Cl2N4O4S2/c22-11-5-7-15(16(23)9-11)19(28)24-20-25-26-21(32-20)33(29,30)27-12-6-8-14-13-3-1-2-4-17(13)31-18(14)10-12/h1-10,27H,(H,24,25,28). The molecule has 1 amide bonds. The van der Waals surface area contributed by atoms with E-state index in [0.29, 0.717) is 33.2 Å². The van der Waals surface area contributed by atoms with Crippen LogP contribution in [0, 0.1) is 0 Å². The van der Waals surface area contributed by atoms with Gasteiger partial charge < -0.3 is 4.42 Å². The van der Waals surface area contributed by atoms with Crippen LogP contribution in [0.4, 0.5) is 10.8 Å². The van der Waals surface area contributed by atoms with Gasteiger partial charge >= 0.3 is 0 Å². The van der Waals surface area contributed by atoms with E-state index in [1.54, 1.807) is 18.2 Å². The van der Waals surface area contributed by atoms with Crippen LogP contribution in [0.3, 0.4) is 0 Å². The molecule has 0 unspecified atom stereocenters. The van der Waals surface area contributed by atoms with Crippen LogP contribution in [-0.2, 0) is 10.0 Å². The molecule has 2 aromatic heterocycles. The van der Waals surface area contributed by atoms with Crippen molar-refractivity contribution in [2.75, 3.05) is 10.0 Å². The fourth-order valence-electron chi connectivity index (χ4n) is 3.20. The van der Waals surface area contributed by atoms with Gasteiger partial charge in [0.05, 0.1) is 16.3 Å². The first-order chi connectivity index (χ1) is 15.8. The number of hydrogen-bond acceptors (Lipinski definition) is 7. The van der Waals surface area contributed by atoms with Crippen molar-refractivity contribution >= 4 is 83.2 Å². The van der Waals surface area contributed by atoms with Crippen molar-refractivity contribution in [3.8, 4) is 0 Å². The molecule has 0 atom stereocenters. The molecule has 0 aliphatic rings. The second kappa shape index (κ2) is 8.31. The van der Waals surface area contributed by atoms with Crippen molar-refractivity contribution in [3.63, 3.8) is 0 Å². The summed E-state index contributed by atoms with van der Waals surface area (Å²) in [5.74, 6) is -0.569. The fraction of sp³-hybridized carbons (Fsp3) is 0. The number of aromatic nitrogens is 2. The highest BCUT2D eigenvalue weighted by molar-refractivity contribution is 7.94. The lowest BCUT2D eigenvalue weighted by Gasteiger charge is -2.05. The third kappa shape index (κ3) is 4.25. The number of nitrogens with one attached hydrogen (secondary N) is 2. The summed E-state index contributed by atoms with van der Waals surface area (Å²) in [4.78, 5) is 12.4. The van der Waals surface area contributed by atoms with E-state index in [1.807, 2.05) is 24.3 Å². The number of para-hydroxylation sites is 1. The number of rotatable bonds is 5. The molecular weight excluding hydrogens is 507 g/mol. The maximum Gasteiger partial charge on any atom is 0.291 e. The number of fused-ring (bicyclic) bond motifs is 3. The Morgan fingerprint density at radius 3 is 2.55 bits per heavy atom. The molecule has 12 heteroatoms. The highest BCUT2D eigenvalue weighted by Crippen LogP contribution is 2.31. The SMILES string of the molecule is O=C(Nc1nnc(S(=O)(=O)Nc2ccc3c(c2)oc2ccccc23)s1)c1ccc(Cl)cc1Cl. The Morgan fingerprint density at radius 1 is 0.939 bits per heavy atom. The van der Waals surface area contributed by atoms with Crippen molar-refractivity contribution in [2.24, 2.45) is 0 Å². The Morgan fingerprint density at radius 2 is 1.73 bits per heavy atom. The zero-order valence-corrected chi connectivity index (χ0v) is 19.5. The average Bonchev–Trinajstić information content (AvgIpc) is 3.38. The van der Waals surface area contributed by atoms with Gasteiger partial charge in [-0.3, -0.25) is 14.8 Å². The highest BCUT2D eigenvalue weighted by atomic mass is 35.5. The van der Waals surface area contributed by atoms with Crippen LogP contribution in [0.5, 0.6) is 0 Å². The Kier molecular flexibility index (Phi) is 5.45. The number of anilines is 2. The molecule has 0 aliphatic carbocycles. The van der Waals surface area contributed by atoms with Gasteiger partial charge in [-0.25, -0.2) is 0 Å². The lowest BCUT2D eigenvalue weighted by Crippen LogP contribution is -2.12. The van der Waals surface area contributed by atoms with Gasteiger partial charge in [0, 0.05) is 21.9 Å². The largest absolute Gasteiger partial charge is 0.456 e. The molecule has 5 aromatic rings. The van der Waals surface area contributed by atoms with E-state index in [4.69, 9.17) is 27.6 Å². The third-order valence-electron chi connectivity index (χ3n) is 4.66. The molecule has 0 spiro atoms. The summed E-state index contributed by atoms with van der Waals surface area (Å²) in [6.45, 7) is 0. The van der Waals surface area contributed by atoms with E-state index in [1.165, 1.54) is 18.2 Å². The molecule has 5 rings (SSSR count). The number of carbonyl (C=O) groups excluding carboxylic acids is 1. The smallest absolute Gasteiger partial charge is 0.291 e. The maximum atomic E-state index is 12.8. The molecule has 0 bridgehead atoms. The minimum atomic E-state index is -4.05. The van der Waals surface area contributed by atoms with Crippen molar-refractivity contribution in [2.45, 2.75) is 4.34 Å².